The molecule has 0 saturated carbocycles. The Kier molecular flexibility index (Phi) is 9.86. The molecule has 0 aliphatic carbocycles. The Morgan fingerprint density at radius 3 is 2.71 bits per heavy atom. The van der Waals surface area contributed by atoms with Gasteiger partial charge in [0.1, 0.15) is 18.2 Å². The molecule has 0 spiro atoms. The van der Waals surface area contributed by atoms with Crippen molar-refractivity contribution in [1.29, 1.82) is 0 Å². The zero-order valence-electron chi connectivity index (χ0n) is 21.1. The van der Waals surface area contributed by atoms with Crippen molar-refractivity contribution < 1.29 is 14.3 Å². The minimum absolute atomic E-state index is 0.0549. The van der Waals surface area contributed by atoms with Gasteiger partial charge in [0.25, 0.3) is 0 Å². The summed E-state index contributed by atoms with van der Waals surface area (Å²) >= 11 is 0. The fourth-order valence-corrected chi connectivity index (χ4v) is 4.21. The fourth-order valence-electron chi connectivity index (χ4n) is 4.21. The molecule has 190 valence electrons. The molecule has 0 unspecified atom stereocenters. The Bertz CT molecular complexity index is 1060. The number of carbonyl (C=O) groups excluding carboxylic acids is 1. The summed E-state index contributed by atoms with van der Waals surface area (Å²) in [7, 11) is 3.35. The summed E-state index contributed by atoms with van der Waals surface area (Å²) in [4.78, 5) is 36.9. The van der Waals surface area contributed by atoms with Crippen molar-refractivity contribution in [2.75, 3.05) is 45.8 Å². The maximum Gasteiger partial charge on any atom is 0.245 e. The average Bonchev–Trinajstić information content (AvgIpc) is 3.26. The predicted octanol–water partition coefficient (Wildman–Crippen LogP) is 2.43. The van der Waals surface area contributed by atoms with Crippen LogP contribution >= 0.6 is 0 Å². The van der Waals surface area contributed by atoms with E-state index in [0.29, 0.717) is 67.6 Å². The second kappa shape index (κ2) is 13.1. The predicted molar refractivity (Wildman–Crippen MR) is 138 cm³/mol. The van der Waals surface area contributed by atoms with Gasteiger partial charge in [-0.2, -0.15) is 0 Å². The molecule has 1 fully saturated rings. The Balaban J connectivity index is 1.79. The molecule has 1 saturated heterocycles. The number of nitrogens with zero attached hydrogens (tertiary/aromatic N) is 7. The third-order valence-corrected chi connectivity index (χ3v) is 6.02. The van der Waals surface area contributed by atoms with Crippen LogP contribution in [0.2, 0.25) is 0 Å². The van der Waals surface area contributed by atoms with Crippen LogP contribution in [-0.2, 0) is 20.8 Å². The first-order valence-corrected chi connectivity index (χ1v) is 12.0. The number of hydrogen-bond acceptors (Lipinski definition) is 9. The van der Waals surface area contributed by atoms with E-state index >= 15 is 0 Å². The smallest absolute Gasteiger partial charge is 0.245 e. The number of imidazole rings is 1. The molecule has 3 rings (SSSR count). The standard InChI is InChI=1S/C24H36N8O3/c1-6-19(24(33)31-10-8-18(9-11-31)35-13-12-34-5)29-21-20-23(28-16-27-21)32(7-2)22(30-20)17(14-25-3)15-26-4/h14-16,18-19H,3,6-13H2,1-2,4-5H3,(H,27,28,29)/b17-14+,26-15?/t19-/m0/s1. The van der Waals surface area contributed by atoms with Gasteiger partial charge in [-0.3, -0.25) is 14.8 Å². The van der Waals surface area contributed by atoms with Crippen molar-refractivity contribution in [3.63, 3.8) is 0 Å². The normalized spacial score (nSPS) is 16.2. The van der Waals surface area contributed by atoms with Crippen LogP contribution in [0.15, 0.2) is 22.5 Å². The molecule has 1 atom stereocenters. The number of piperidine rings is 1. The van der Waals surface area contributed by atoms with Crippen LogP contribution in [0.5, 0.6) is 0 Å². The van der Waals surface area contributed by atoms with E-state index in [9.17, 15) is 4.79 Å². The van der Waals surface area contributed by atoms with Crippen LogP contribution in [0.4, 0.5) is 5.82 Å². The number of allylic oxidation sites excluding steroid dienone is 1. The zero-order valence-corrected chi connectivity index (χ0v) is 21.1. The average molecular weight is 485 g/mol. The first-order chi connectivity index (χ1) is 17.1. The molecule has 0 aromatic carbocycles. The number of aryl methyl sites for hydroxylation is 1. The van der Waals surface area contributed by atoms with E-state index in [0.717, 1.165) is 12.8 Å². The van der Waals surface area contributed by atoms with E-state index in [1.54, 1.807) is 26.6 Å². The highest BCUT2D eigenvalue weighted by Gasteiger charge is 2.29. The summed E-state index contributed by atoms with van der Waals surface area (Å²) < 4.78 is 12.8. The van der Waals surface area contributed by atoms with Crippen molar-refractivity contribution in [2.24, 2.45) is 9.98 Å². The van der Waals surface area contributed by atoms with Crippen LogP contribution < -0.4 is 5.32 Å². The van der Waals surface area contributed by atoms with Crippen LogP contribution in [0.25, 0.3) is 16.7 Å². The Morgan fingerprint density at radius 2 is 2.09 bits per heavy atom. The monoisotopic (exact) mass is 484 g/mol. The Morgan fingerprint density at radius 1 is 1.31 bits per heavy atom. The Labute approximate surface area is 206 Å². The molecule has 2 aromatic heterocycles. The summed E-state index contributed by atoms with van der Waals surface area (Å²) in [5.41, 5.74) is 1.99. The third-order valence-electron chi connectivity index (χ3n) is 6.02. The second-order valence-corrected chi connectivity index (χ2v) is 8.22. The summed E-state index contributed by atoms with van der Waals surface area (Å²) in [6, 6.07) is -0.420. The highest BCUT2D eigenvalue weighted by atomic mass is 16.5. The van der Waals surface area contributed by atoms with Gasteiger partial charge in [-0.25, -0.2) is 15.0 Å². The number of amides is 1. The molecule has 0 radical (unpaired) electrons. The number of hydrogen-bond donors (Lipinski definition) is 1. The fraction of sp³-hybridized carbons (Fsp3) is 0.583. The lowest BCUT2D eigenvalue weighted by Crippen LogP contribution is -2.47. The number of fused-ring (bicyclic) bond motifs is 1. The molecule has 11 nitrogen and oxygen atoms in total. The van der Waals surface area contributed by atoms with E-state index in [1.165, 1.54) is 6.33 Å². The minimum atomic E-state index is -0.420. The quantitative estimate of drug-likeness (QED) is 0.363. The van der Waals surface area contributed by atoms with Gasteiger partial charge in [0.05, 0.1) is 24.9 Å². The van der Waals surface area contributed by atoms with Gasteiger partial charge in [0.2, 0.25) is 5.91 Å². The van der Waals surface area contributed by atoms with Crippen LogP contribution in [0, 0.1) is 0 Å². The van der Waals surface area contributed by atoms with Crippen LogP contribution in [-0.4, -0.2) is 95.9 Å². The number of carbonyl (C=O) groups is 1. The molecule has 35 heavy (non-hydrogen) atoms. The molecule has 1 amide bonds. The highest BCUT2D eigenvalue weighted by Crippen LogP contribution is 2.25. The topological polar surface area (TPSA) is 119 Å². The van der Waals surface area contributed by atoms with E-state index in [4.69, 9.17) is 14.5 Å². The van der Waals surface area contributed by atoms with E-state index < -0.39 is 6.04 Å². The number of aliphatic imine (C=N–C) groups is 2. The molecule has 1 aliphatic rings. The van der Waals surface area contributed by atoms with Gasteiger partial charge < -0.3 is 24.3 Å². The summed E-state index contributed by atoms with van der Waals surface area (Å²) in [5, 5.41) is 3.33. The number of rotatable bonds is 12. The summed E-state index contributed by atoms with van der Waals surface area (Å²) in [6.45, 7) is 10.7. The number of ether oxygens (including phenoxy) is 2. The van der Waals surface area contributed by atoms with Crippen molar-refractivity contribution in [3.05, 3.63) is 18.4 Å². The van der Waals surface area contributed by atoms with Gasteiger partial charge in [0.15, 0.2) is 17.0 Å². The molecule has 1 aliphatic heterocycles. The number of aromatic nitrogens is 4. The van der Waals surface area contributed by atoms with Crippen molar-refractivity contribution in [3.8, 4) is 0 Å². The molecule has 0 bridgehead atoms. The molecule has 1 N–H and O–H groups in total. The second-order valence-electron chi connectivity index (χ2n) is 8.22. The molecule has 2 aromatic rings. The lowest BCUT2D eigenvalue weighted by Gasteiger charge is -2.34. The first-order valence-electron chi connectivity index (χ1n) is 12.0. The van der Waals surface area contributed by atoms with Crippen molar-refractivity contribution in [1.82, 2.24) is 24.4 Å². The first kappa shape index (κ1) is 26.4. The van der Waals surface area contributed by atoms with Crippen LogP contribution in [0.1, 0.15) is 38.9 Å². The van der Waals surface area contributed by atoms with E-state index in [-0.39, 0.29) is 12.0 Å². The van der Waals surface area contributed by atoms with Crippen molar-refractivity contribution in [2.45, 2.75) is 51.8 Å². The lowest BCUT2D eigenvalue weighted by molar-refractivity contribution is -0.134. The van der Waals surface area contributed by atoms with Gasteiger partial charge in [-0.15, -0.1) is 0 Å². The van der Waals surface area contributed by atoms with E-state index in [1.807, 2.05) is 23.3 Å². The lowest BCUT2D eigenvalue weighted by atomic mass is 10.1. The number of methoxy groups -OCH3 is 1. The van der Waals surface area contributed by atoms with Crippen LogP contribution in [0.3, 0.4) is 0 Å². The summed E-state index contributed by atoms with van der Waals surface area (Å²) in [5.74, 6) is 1.25. The minimum Gasteiger partial charge on any atom is -0.382 e. The number of anilines is 1. The van der Waals surface area contributed by atoms with Gasteiger partial charge in [-0.1, -0.05) is 6.92 Å². The summed E-state index contributed by atoms with van der Waals surface area (Å²) in [6.07, 6.45) is 7.21. The maximum absolute atomic E-state index is 13.3. The number of nitrogens with one attached hydrogen (secondary N) is 1. The molecular formula is C24H36N8O3. The molecule has 11 heteroatoms. The SMILES string of the molecule is C=N/C=C(\C=NC)c1nc2c(N[C@@H](CC)C(=O)N3CCC(OCCOC)CC3)ncnc2n1CC. The number of likely N-dealkylation sites (tertiary alicyclic amines) is 1. The van der Waals surface area contributed by atoms with E-state index in [2.05, 4.69) is 32.0 Å². The maximum atomic E-state index is 13.3. The highest BCUT2D eigenvalue weighted by molar-refractivity contribution is 6.09. The molecular weight excluding hydrogens is 448 g/mol. The van der Waals surface area contributed by atoms with Gasteiger partial charge >= 0.3 is 0 Å². The van der Waals surface area contributed by atoms with Gasteiger partial charge in [-0.05, 0) is 32.9 Å². The third kappa shape index (κ3) is 6.29. The van der Waals surface area contributed by atoms with Gasteiger partial charge in [0, 0.05) is 46.2 Å². The molecule has 3 heterocycles. The Hall–Kier alpha value is -3.18. The van der Waals surface area contributed by atoms with Crippen molar-refractivity contribution >= 4 is 41.4 Å². The zero-order chi connectivity index (χ0) is 25.2. The largest absolute Gasteiger partial charge is 0.382 e.